The first kappa shape index (κ1) is 11.2. The summed E-state index contributed by atoms with van der Waals surface area (Å²) >= 11 is 0. The second-order valence-corrected chi connectivity index (χ2v) is 4.26. The van der Waals surface area contributed by atoms with Gasteiger partial charge in [0, 0.05) is 17.5 Å². The van der Waals surface area contributed by atoms with Crippen LogP contribution in [-0.4, -0.2) is 11.8 Å². The van der Waals surface area contributed by atoms with Crippen molar-refractivity contribution in [3.8, 4) is 0 Å². The molecule has 2 unspecified atom stereocenters. The normalized spacial score (nSPS) is 24.7. The van der Waals surface area contributed by atoms with Crippen LogP contribution in [0.2, 0.25) is 0 Å². The first-order valence-electron chi connectivity index (χ1n) is 5.33. The van der Waals surface area contributed by atoms with E-state index in [-0.39, 0.29) is 23.3 Å². The van der Waals surface area contributed by atoms with Gasteiger partial charge in [-0.3, -0.25) is 4.79 Å². The smallest absolute Gasteiger partial charge is 0.166 e. The van der Waals surface area contributed by atoms with Crippen LogP contribution in [-0.2, 0) is 0 Å². The van der Waals surface area contributed by atoms with E-state index in [0.717, 1.165) is 25.0 Å². The van der Waals surface area contributed by atoms with Gasteiger partial charge in [0.2, 0.25) is 0 Å². The summed E-state index contributed by atoms with van der Waals surface area (Å²) < 4.78 is 25.6. The molecular weight excluding hydrogens is 212 g/mol. The van der Waals surface area contributed by atoms with Gasteiger partial charge in [0.1, 0.15) is 0 Å². The molecule has 0 amide bonds. The highest BCUT2D eigenvalue weighted by Crippen LogP contribution is 2.27. The highest BCUT2D eigenvalue weighted by molar-refractivity contribution is 5.98. The molecule has 4 heteroatoms. The van der Waals surface area contributed by atoms with E-state index in [0.29, 0.717) is 6.42 Å². The van der Waals surface area contributed by atoms with Gasteiger partial charge in [-0.15, -0.1) is 0 Å². The van der Waals surface area contributed by atoms with Gasteiger partial charge in [0.15, 0.2) is 17.4 Å². The van der Waals surface area contributed by atoms with Gasteiger partial charge in [-0.25, -0.2) is 8.78 Å². The predicted molar refractivity (Wildman–Crippen MR) is 56.0 cm³/mol. The summed E-state index contributed by atoms with van der Waals surface area (Å²) in [4.78, 5) is 11.9. The lowest BCUT2D eigenvalue weighted by Gasteiger charge is -2.08. The molecule has 16 heavy (non-hydrogen) atoms. The van der Waals surface area contributed by atoms with Gasteiger partial charge in [-0.1, -0.05) is 0 Å². The first-order valence-corrected chi connectivity index (χ1v) is 5.33. The van der Waals surface area contributed by atoms with E-state index in [9.17, 15) is 13.6 Å². The molecule has 2 N–H and O–H groups in total. The van der Waals surface area contributed by atoms with E-state index in [4.69, 9.17) is 5.73 Å². The summed E-state index contributed by atoms with van der Waals surface area (Å²) in [6.45, 7) is 0. The fraction of sp³-hybridized carbons (Fsp3) is 0.417. The first-order chi connectivity index (χ1) is 7.58. The molecule has 1 saturated carbocycles. The van der Waals surface area contributed by atoms with Crippen LogP contribution in [0.4, 0.5) is 8.78 Å². The summed E-state index contributed by atoms with van der Waals surface area (Å²) in [5.74, 6) is -2.18. The van der Waals surface area contributed by atoms with E-state index in [1.165, 1.54) is 6.07 Å². The topological polar surface area (TPSA) is 43.1 Å². The lowest BCUT2D eigenvalue weighted by molar-refractivity contribution is 0.0921. The Kier molecular flexibility index (Phi) is 3.01. The molecule has 2 rings (SSSR count). The molecule has 1 fully saturated rings. The van der Waals surface area contributed by atoms with Gasteiger partial charge in [-0.2, -0.15) is 0 Å². The number of carbonyl (C=O) groups is 1. The summed E-state index contributed by atoms with van der Waals surface area (Å²) in [7, 11) is 0. The molecule has 1 aromatic carbocycles. The standard InChI is InChI=1S/C12H13F2NO/c13-10-4-2-8(6-11(10)14)12(16)7-1-3-9(15)5-7/h2,4,6-7,9H,1,3,5,15H2. The number of nitrogens with two attached hydrogens (primary N) is 1. The van der Waals surface area contributed by atoms with Gasteiger partial charge >= 0.3 is 0 Å². The number of Topliss-reactive ketones (excluding diaryl/α,β-unsaturated/α-hetero) is 1. The average Bonchev–Trinajstić information content (AvgIpc) is 2.68. The van der Waals surface area contributed by atoms with Crippen LogP contribution in [0.15, 0.2) is 18.2 Å². The van der Waals surface area contributed by atoms with Crippen molar-refractivity contribution in [1.82, 2.24) is 0 Å². The Bertz CT molecular complexity index is 419. The van der Waals surface area contributed by atoms with Crippen molar-refractivity contribution in [2.45, 2.75) is 25.3 Å². The molecule has 0 heterocycles. The van der Waals surface area contributed by atoms with Crippen LogP contribution in [0, 0.1) is 17.6 Å². The van der Waals surface area contributed by atoms with E-state index in [2.05, 4.69) is 0 Å². The Balaban J connectivity index is 2.18. The highest BCUT2D eigenvalue weighted by atomic mass is 19.2. The monoisotopic (exact) mass is 225 g/mol. The maximum absolute atomic E-state index is 13.0. The van der Waals surface area contributed by atoms with Crippen molar-refractivity contribution in [3.63, 3.8) is 0 Å². The molecule has 0 aromatic heterocycles. The molecule has 1 aliphatic carbocycles. The summed E-state index contributed by atoms with van der Waals surface area (Å²) in [5, 5.41) is 0. The van der Waals surface area contributed by atoms with Crippen molar-refractivity contribution in [1.29, 1.82) is 0 Å². The summed E-state index contributed by atoms with van der Waals surface area (Å²) in [5.41, 5.74) is 5.94. The number of ketones is 1. The molecule has 2 atom stereocenters. The van der Waals surface area contributed by atoms with Gasteiger partial charge in [0.05, 0.1) is 0 Å². The van der Waals surface area contributed by atoms with Crippen molar-refractivity contribution in [2.24, 2.45) is 11.7 Å². The average molecular weight is 225 g/mol. The van der Waals surface area contributed by atoms with Crippen molar-refractivity contribution < 1.29 is 13.6 Å². The number of rotatable bonds is 2. The second kappa shape index (κ2) is 4.29. The third-order valence-corrected chi connectivity index (χ3v) is 3.05. The molecule has 86 valence electrons. The van der Waals surface area contributed by atoms with Gasteiger partial charge in [0.25, 0.3) is 0 Å². The van der Waals surface area contributed by atoms with Crippen LogP contribution in [0.5, 0.6) is 0 Å². The zero-order chi connectivity index (χ0) is 11.7. The highest BCUT2D eigenvalue weighted by Gasteiger charge is 2.28. The third-order valence-electron chi connectivity index (χ3n) is 3.05. The molecule has 0 aliphatic heterocycles. The quantitative estimate of drug-likeness (QED) is 0.784. The van der Waals surface area contributed by atoms with Crippen LogP contribution >= 0.6 is 0 Å². The largest absolute Gasteiger partial charge is 0.328 e. The van der Waals surface area contributed by atoms with Crippen molar-refractivity contribution in [2.75, 3.05) is 0 Å². The Hall–Kier alpha value is -1.29. The Morgan fingerprint density at radius 1 is 1.25 bits per heavy atom. The molecule has 0 radical (unpaired) electrons. The Morgan fingerprint density at radius 2 is 2.00 bits per heavy atom. The summed E-state index contributed by atoms with van der Waals surface area (Å²) in [6, 6.07) is 3.32. The molecule has 0 saturated heterocycles. The van der Waals surface area contributed by atoms with Crippen LogP contribution in [0.3, 0.4) is 0 Å². The molecule has 2 nitrogen and oxygen atoms in total. The maximum atomic E-state index is 13.0. The number of carbonyl (C=O) groups excluding carboxylic acids is 1. The second-order valence-electron chi connectivity index (χ2n) is 4.26. The van der Waals surface area contributed by atoms with E-state index in [1.807, 2.05) is 0 Å². The van der Waals surface area contributed by atoms with Gasteiger partial charge in [-0.05, 0) is 37.5 Å². The van der Waals surface area contributed by atoms with E-state index < -0.39 is 11.6 Å². The summed E-state index contributed by atoms with van der Waals surface area (Å²) in [6.07, 6.45) is 2.19. The molecule has 0 bridgehead atoms. The minimum Gasteiger partial charge on any atom is -0.328 e. The Labute approximate surface area is 92.4 Å². The molecule has 0 spiro atoms. The number of hydrogen-bond acceptors (Lipinski definition) is 2. The lowest BCUT2D eigenvalue weighted by atomic mass is 9.96. The number of hydrogen-bond donors (Lipinski definition) is 1. The maximum Gasteiger partial charge on any atom is 0.166 e. The Morgan fingerprint density at radius 3 is 2.56 bits per heavy atom. The van der Waals surface area contributed by atoms with Crippen molar-refractivity contribution >= 4 is 5.78 Å². The van der Waals surface area contributed by atoms with Crippen molar-refractivity contribution in [3.05, 3.63) is 35.4 Å². The van der Waals surface area contributed by atoms with Gasteiger partial charge < -0.3 is 5.73 Å². The molecular formula is C12H13F2NO. The predicted octanol–water partition coefficient (Wildman–Crippen LogP) is 2.27. The van der Waals surface area contributed by atoms with E-state index >= 15 is 0 Å². The minimum atomic E-state index is -0.979. The van der Waals surface area contributed by atoms with Crippen LogP contribution in [0.1, 0.15) is 29.6 Å². The number of halogens is 2. The minimum absolute atomic E-state index is 0.0549. The van der Waals surface area contributed by atoms with E-state index in [1.54, 1.807) is 0 Å². The van der Waals surface area contributed by atoms with Crippen LogP contribution in [0.25, 0.3) is 0 Å². The zero-order valence-corrected chi connectivity index (χ0v) is 8.75. The fourth-order valence-corrected chi connectivity index (χ4v) is 2.14. The molecule has 1 aromatic rings. The fourth-order valence-electron chi connectivity index (χ4n) is 2.14. The third kappa shape index (κ3) is 2.11. The number of benzene rings is 1. The lowest BCUT2D eigenvalue weighted by Crippen LogP contribution is -2.18. The molecule has 1 aliphatic rings. The SMILES string of the molecule is NC1CCC(C(=O)c2ccc(F)c(F)c2)C1. The van der Waals surface area contributed by atoms with Crippen LogP contribution < -0.4 is 5.73 Å². The zero-order valence-electron chi connectivity index (χ0n) is 8.75.